The Morgan fingerprint density at radius 2 is 1.77 bits per heavy atom. The number of rotatable bonds is 8. The number of oxime groups is 1. The SMILES string of the molecule is CO/N=C(\CNS(=O)(=O)c1ncn(S(=O)(=O)N(C)C)n1)c1ccc(C(C)(C)C)cc1. The van der Waals surface area contributed by atoms with E-state index in [0.717, 1.165) is 16.2 Å². The Morgan fingerprint density at radius 1 is 1.17 bits per heavy atom. The zero-order valence-corrected chi connectivity index (χ0v) is 19.3. The van der Waals surface area contributed by atoms with E-state index >= 15 is 0 Å². The summed E-state index contributed by atoms with van der Waals surface area (Å²) in [5.41, 5.74) is 2.08. The molecule has 0 saturated carbocycles. The minimum atomic E-state index is -4.19. The Labute approximate surface area is 177 Å². The molecule has 1 N–H and O–H groups in total. The third-order valence-corrected chi connectivity index (χ3v) is 6.87. The lowest BCUT2D eigenvalue weighted by molar-refractivity contribution is 0.213. The second kappa shape index (κ2) is 8.79. The van der Waals surface area contributed by atoms with Crippen molar-refractivity contribution in [2.75, 3.05) is 27.7 Å². The van der Waals surface area contributed by atoms with E-state index in [9.17, 15) is 16.8 Å². The van der Waals surface area contributed by atoms with Gasteiger partial charge in [0.15, 0.2) is 0 Å². The molecule has 0 radical (unpaired) electrons. The van der Waals surface area contributed by atoms with Crippen molar-refractivity contribution in [2.45, 2.75) is 31.3 Å². The second-order valence-corrected chi connectivity index (χ2v) is 11.2. The summed E-state index contributed by atoms with van der Waals surface area (Å²) in [6, 6.07) is 7.52. The van der Waals surface area contributed by atoms with E-state index in [1.807, 2.05) is 24.3 Å². The molecule has 1 aromatic carbocycles. The monoisotopic (exact) mass is 458 g/mol. The van der Waals surface area contributed by atoms with Gasteiger partial charge in [-0.05, 0) is 11.0 Å². The first kappa shape index (κ1) is 23.9. The number of hydrogen-bond acceptors (Lipinski definition) is 8. The minimum Gasteiger partial charge on any atom is -0.399 e. The van der Waals surface area contributed by atoms with Gasteiger partial charge in [0.1, 0.15) is 19.1 Å². The highest BCUT2D eigenvalue weighted by atomic mass is 32.2. The summed E-state index contributed by atoms with van der Waals surface area (Å²) in [7, 11) is -4.22. The molecule has 2 rings (SSSR count). The fraction of sp³-hybridized carbons (Fsp3) is 0.471. The average Bonchev–Trinajstić information content (AvgIpc) is 3.16. The summed E-state index contributed by atoms with van der Waals surface area (Å²) in [4.78, 5) is 8.43. The van der Waals surface area contributed by atoms with Crippen LogP contribution in [0.4, 0.5) is 0 Å². The minimum absolute atomic E-state index is 0.0317. The van der Waals surface area contributed by atoms with Gasteiger partial charge in [-0.2, -0.15) is 12.7 Å². The van der Waals surface area contributed by atoms with Gasteiger partial charge in [0.05, 0.1) is 6.54 Å². The van der Waals surface area contributed by atoms with Crippen LogP contribution in [0.15, 0.2) is 40.9 Å². The lowest BCUT2D eigenvalue weighted by Crippen LogP contribution is -2.32. The molecule has 166 valence electrons. The molecule has 30 heavy (non-hydrogen) atoms. The first-order chi connectivity index (χ1) is 13.8. The topological polar surface area (TPSA) is 136 Å². The highest BCUT2D eigenvalue weighted by Crippen LogP contribution is 2.22. The van der Waals surface area contributed by atoms with E-state index in [1.165, 1.54) is 21.2 Å². The Kier molecular flexibility index (Phi) is 7.01. The van der Waals surface area contributed by atoms with Gasteiger partial charge < -0.3 is 4.84 Å². The Bertz CT molecular complexity index is 1110. The molecule has 0 saturated heterocycles. The van der Waals surface area contributed by atoms with Crippen LogP contribution in [0, 0.1) is 0 Å². The number of nitrogens with one attached hydrogen (secondary N) is 1. The maximum Gasteiger partial charge on any atom is 0.323 e. The predicted molar refractivity (Wildman–Crippen MR) is 112 cm³/mol. The van der Waals surface area contributed by atoms with Crippen molar-refractivity contribution in [1.29, 1.82) is 0 Å². The molecular weight excluding hydrogens is 432 g/mol. The van der Waals surface area contributed by atoms with E-state index in [1.54, 1.807) is 0 Å². The molecule has 0 aliphatic rings. The maximum atomic E-state index is 12.5. The number of benzene rings is 1. The van der Waals surface area contributed by atoms with Gasteiger partial charge in [-0.3, -0.25) is 0 Å². The third kappa shape index (κ3) is 5.41. The standard InChI is InChI=1S/C17H26N6O5S2/c1-17(2,3)14-9-7-13(8-10-14)15(21-28-6)11-19-29(24,25)16-18-12-23(20-16)30(26,27)22(4)5/h7-10,12,19H,11H2,1-6H3/b21-15+. The molecule has 0 atom stereocenters. The van der Waals surface area contributed by atoms with Crippen LogP contribution in [0.1, 0.15) is 31.9 Å². The molecular formula is C17H26N6O5S2. The van der Waals surface area contributed by atoms with Gasteiger partial charge in [-0.25, -0.2) is 18.1 Å². The molecule has 0 aliphatic carbocycles. The molecule has 0 fully saturated rings. The van der Waals surface area contributed by atoms with Gasteiger partial charge in [-0.1, -0.05) is 50.2 Å². The van der Waals surface area contributed by atoms with Crippen LogP contribution < -0.4 is 4.72 Å². The summed E-state index contributed by atoms with van der Waals surface area (Å²) >= 11 is 0. The molecule has 0 amide bonds. The first-order valence-corrected chi connectivity index (χ1v) is 11.7. The first-order valence-electron chi connectivity index (χ1n) is 8.84. The number of hydrogen-bond donors (Lipinski definition) is 1. The molecule has 2 aromatic rings. The van der Waals surface area contributed by atoms with Gasteiger partial charge in [0.2, 0.25) is 0 Å². The number of nitrogens with zero attached hydrogens (tertiary/aromatic N) is 5. The average molecular weight is 459 g/mol. The summed E-state index contributed by atoms with van der Waals surface area (Å²) in [5.74, 6) is 0. The van der Waals surface area contributed by atoms with Gasteiger partial charge in [-0.15, -0.1) is 9.19 Å². The number of sulfonamides is 1. The van der Waals surface area contributed by atoms with Crippen LogP contribution in [-0.2, 0) is 30.5 Å². The lowest BCUT2D eigenvalue weighted by atomic mass is 9.86. The van der Waals surface area contributed by atoms with Crippen molar-refractivity contribution in [3.63, 3.8) is 0 Å². The highest BCUT2D eigenvalue weighted by molar-refractivity contribution is 7.89. The van der Waals surface area contributed by atoms with Gasteiger partial charge >= 0.3 is 10.2 Å². The van der Waals surface area contributed by atoms with Gasteiger partial charge in [0.25, 0.3) is 15.2 Å². The van der Waals surface area contributed by atoms with E-state index in [-0.39, 0.29) is 12.0 Å². The molecule has 1 heterocycles. The molecule has 0 aliphatic heterocycles. The van der Waals surface area contributed by atoms with E-state index in [4.69, 9.17) is 4.84 Å². The Morgan fingerprint density at radius 3 is 2.27 bits per heavy atom. The predicted octanol–water partition coefficient (Wildman–Crippen LogP) is 0.559. The summed E-state index contributed by atoms with van der Waals surface area (Å²) < 4.78 is 52.8. The summed E-state index contributed by atoms with van der Waals surface area (Å²) in [6.07, 6.45) is 0.819. The van der Waals surface area contributed by atoms with Crippen molar-refractivity contribution in [1.82, 2.24) is 23.2 Å². The van der Waals surface area contributed by atoms with E-state index in [2.05, 4.69) is 40.7 Å². The summed E-state index contributed by atoms with van der Waals surface area (Å²) in [6.45, 7) is 6.05. The van der Waals surface area contributed by atoms with Crippen molar-refractivity contribution >= 4 is 25.9 Å². The molecule has 0 bridgehead atoms. The fourth-order valence-electron chi connectivity index (χ4n) is 2.32. The van der Waals surface area contributed by atoms with Crippen LogP contribution in [0.5, 0.6) is 0 Å². The van der Waals surface area contributed by atoms with E-state index in [0.29, 0.717) is 15.4 Å². The number of aromatic nitrogens is 3. The van der Waals surface area contributed by atoms with Crippen molar-refractivity contribution in [3.05, 3.63) is 41.7 Å². The quantitative estimate of drug-likeness (QED) is 0.451. The third-order valence-electron chi connectivity index (χ3n) is 4.10. The van der Waals surface area contributed by atoms with Gasteiger partial charge in [0, 0.05) is 19.7 Å². The van der Waals surface area contributed by atoms with Crippen LogP contribution in [0.3, 0.4) is 0 Å². The van der Waals surface area contributed by atoms with Crippen LogP contribution in [0.2, 0.25) is 0 Å². The Hall–Kier alpha value is -2.35. The zero-order chi connectivity index (χ0) is 22.7. The largest absolute Gasteiger partial charge is 0.399 e. The van der Waals surface area contributed by atoms with Crippen LogP contribution in [-0.4, -0.2) is 68.8 Å². The molecule has 1 aromatic heterocycles. The van der Waals surface area contributed by atoms with Crippen molar-refractivity contribution in [3.8, 4) is 0 Å². The molecule has 11 nitrogen and oxygen atoms in total. The van der Waals surface area contributed by atoms with Crippen molar-refractivity contribution < 1.29 is 21.7 Å². The lowest BCUT2D eigenvalue weighted by Gasteiger charge is -2.19. The van der Waals surface area contributed by atoms with E-state index < -0.39 is 25.4 Å². The van der Waals surface area contributed by atoms with Crippen LogP contribution in [0.25, 0.3) is 0 Å². The second-order valence-electron chi connectivity index (χ2n) is 7.56. The molecule has 0 unspecified atom stereocenters. The highest BCUT2D eigenvalue weighted by Gasteiger charge is 2.25. The molecule has 13 heteroatoms. The Balaban J connectivity index is 2.22. The summed E-state index contributed by atoms with van der Waals surface area (Å²) in [5, 5.41) is 6.78. The maximum absolute atomic E-state index is 12.5. The zero-order valence-electron chi connectivity index (χ0n) is 17.7. The van der Waals surface area contributed by atoms with Crippen molar-refractivity contribution in [2.24, 2.45) is 5.16 Å². The molecule has 0 spiro atoms. The fourth-order valence-corrected chi connectivity index (χ4v) is 3.89. The smallest absolute Gasteiger partial charge is 0.323 e. The van der Waals surface area contributed by atoms with Crippen LogP contribution >= 0.6 is 0 Å². The normalized spacial score (nSPS) is 13.6.